The van der Waals surface area contributed by atoms with Crippen LogP contribution in [-0.2, 0) is 5.41 Å². The molecule has 1 aromatic carbocycles. The van der Waals surface area contributed by atoms with Crippen molar-refractivity contribution in [2.45, 2.75) is 37.8 Å². The molecule has 0 saturated heterocycles. The van der Waals surface area contributed by atoms with Gasteiger partial charge in [0.15, 0.2) is 6.29 Å². The lowest BCUT2D eigenvalue weighted by molar-refractivity contribution is 0.111. The highest BCUT2D eigenvalue weighted by Gasteiger charge is 2.21. The van der Waals surface area contributed by atoms with Gasteiger partial charge in [-0.15, -0.1) is 10.2 Å². The largest absolute Gasteiger partial charge is 0.493 e. The van der Waals surface area contributed by atoms with Gasteiger partial charge in [-0.25, -0.2) is 0 Å². The Morgan fingerprint density at radius 1 is 1.27 bits per heavy atom. The van der Waals surface area contributed by atoms with Crippen LogP contribution in [0.2, 0.25) is 0 Å². The fourth-order valence-electron chi connectivity index (χ4n) is 1.68. The lowest BCUT2D eigenvalue weighted by Crippen LogP contribution is -2.11. The molecule has 1 heterocycles. The average Bonchev–Trinajstić information content (AvgIpc) is 2.96. The van der Waals surface area contributed by atoms with Crippen LogP contribution >= 0.6 is 11.8 Å². The van der Waals surface area contributed by atoms with Crippen LogP contribution in [0.25, 0.3) is 0 Å². The highest BCUT2D eigenvalue weighted by atomic mass is 32.2. The topological polar surface area (TPSA) is 65.2 Å². The Kier molecular flexibility index (Phi) is 5.60. The molecule has 0 unspecified atom stereocenters. The molecule has 22 heavy (non-hydrogen) atoms. The molecule has 5 nitrogen and oxygen atoms in total. The lowest BCUT2D eigenvalue weighted by Gasteiger charge is -2.10. The van der Waals surface area contributed by atoms with Crippen LogP contribution in [0.4, 0.5) is 0 Å². The van der Waals surface area contributed by atoms with E-state index in [4.69, 9.17) is 9.15 Å². The molecule has 0 aliphatic heterocycles. The van der Waals surface area contributed by atoms with Crippen LogP contribution in [0, 0.1) is 0 Å². The third-order valence-electron chi connectivity index (χ3n) is 2.87. The Morgan fingerprint density at radius 3 is 2.73 bits per heavy atom. The minimum Gasteiger partial charge on any atom is -0.493 e. The van der Waals surface area contributed by atoms with Crippen molar-refractivity contribution in [3.63, 3.8) is 0 Å². The molecule has 6 heteroatoms. The van der Waals surface area contributed by atoms with Gasteiger partial charge in [0.2, 0.25) is 5.89 Å². The minimum atomic E-state index is -0.131. The highest BCUT2D eigenvalue weighted by Crippen LogP contribution is 2.25. The minimum absolute atomic E-state index is 0.131. The summed E-state index contributed by atoms with van der Waals surface area (Å²) >= 11 is 1.51. The van der Waals surface area contributed by atoms with E-state index in [1.807, 2.05) is 32.9 Å². The van der Waals surface area contributed by atoms with E-state index in [0.29, 0.717) is 29.0 Å². The summed E-state index contributed by atoms with van der Waals surface area (Å²) in [5, 5.41) is 8.66. The number of aromatic nitrogens is 2. The Bertz CT molecular complexity index is 620. The fourth-order valence-corrected chi connectivity index (χ4v) is 2.35. The molecule has 1 aromatic heterocycles. The number of carbonyl (C=O) groups is 1. The van der Waals surface area contributed by atoms with Crippen molar-refractivity contribution >= 4 is 18.0 Å². The SMILES string of the molecule is CC(C)(C)c1nnc(SCCCOc2ccccc2C=O)o1. The maximum Gasteiger partial charge on any atom is 0.276 e. The van der Waals surface area contributed by atoms with Crippen molar-refractivity contribution in [1.29, 1.82) is 0 Å². The van der Waals surface area contributed by atoms with Gasteiger partial charge in [0.05, 0.1) is 12.2 Å². The number of nitrogens with zero attached hydrogens (tertiary/aromatic N) is 2. The number of benzene rings is 1. The van der Waals surface area contributed by atoms with E-state index in [1.54, 1.807) is 12.1 Å². The summed E-state index contributed by atoms with van der Waals surface area (Å²) in [4.78, 5) is 10.9. The van der Waals surface area contributed by atoms with Crippen LogP contribution in [0.15, 0.2) is 33.9 Å². The number of hydrogen-bond acceptors (Lipinski definition) is 6. The molecule has 0 bridgehead atoms. The predicted octanol–water partition coefficient (Wildman–Crippen LogP) is 3.74. The Balaban J connectivity index is 1.73. The van der Waals surface area contributed by atoms with Crippen molar-refractivity contribution in [1.82, 2.24) is 10.2 Å². The first-order valence-corrected chi connectivity index (χ1v) is 8.13. The summed E-state index contributed by atoms with van der Waals surface area (Å²) in [5.41, 5.74) is 0.440. The number of hydrogen-bond donors (Lipinski definition) is 0. The third kappa shape index (κ3) is 4.59. The van der Waals surface area contributed by atoms with Gasteiger partial charge in [-0.3, -0.25) is 4.79 Å². The maximum atomic E-state index is 10.9. The van der Waals surface area contributed by atoms with E-state index >= 15 is 0 Å². The first-order valence-electron chi connectivity index (χ1n) is 7.14. The summed E-state index contributed by atoms with van der Waals surface area (Å²) in [5.74, 6) is 2.08. The molecule has 2 rings (SSSR count). The first kappa shape index (κ1) is 16.5. The Morgan fingerprint density at radius 2 is 2.05 bits per heavy atom. The zero-order chi connectivity index (χ0) is 16.0. The quantitative estimate of drug-likeness (QED) is 0.440. The van der Waals surface area contributed by atoms with Gasteiger partial charge >= 0.3 is 0 Å². The normalized spacial score (nSPS) is 11.4. The van der Waals surface area contributed by atoms with Gasteiger partial charge in [-0.1, -0.05) is 44.7 Å². The zero-order valence-corrected chi connectivity index (χ0v) is 13.9. The van der Waals surface area contributed by atoms with Gasteiger partial charge in [0.25, 0.3) is 5.22 Å². The summed E-state index contributed by atoms with van der Waals surface area (Å²) in [6.45, 7) is 6.64. The van der Waals surface area contributed by atoms with E-state index < -0.39 is 0 Å². The molecule has 0 fully saturated rings. The molecule has 0 aliphatic rings. The molecule has 2 aromatic rings. The summed E-state index contributed by atoms with van der Waals surface area (Å²) < 4.78 is 11.2. The maximum absolute atomic E-state index is 10.9. The smallest absolute Gasteiger partial charge is 0.276 e. The van der Waals surface area contributed by atoms with E-state index in [-0.39, 0.29) is 5.41 Å². The predicted molar refractivity (Wildman–Crippen MR) is 85.7 cm³/mol. The van der Waals surface area contributed by atoms with Crippen molar-refractivity contribution in [3.8, 4) is 5.75 Å². The van der Waals surface area contributed by atoms with Crippen molar-refractivity contribution in [3.05, 3.63) is 35.7 Å². The average molecular weight is 320 g/mol. The second-order valence-electron chi connectivity index (χ2n) is 5.83. The van der Waals surface area contributed by atoms with Crippen LogP contribution < -0.4 is 4.74 Å². The van der Waals surface area contributed by atoms with Gasteiger partial charge in [-0.05, 0) is 18.6 Å². The monoisotopic (exact) mass is 320 g/mol. The second-order valence-corrected chi connectivity index (χ2v) is 6.88. The van der Waals surface area contributed by atoms with Crippen molar-refractivity contribution in [2.24, 2.45) is 0 Å². The van der Waals surface area contributed by atoms with E-state index in [2.05, 4.69) is 10.2 Å². The molecule has 0 saturated carbocycles. The molecule has 0 radical (unpaired) electrons. The van der Waals surface area contributed by atoms with E-state index in [9.17, 15) is 4.79 Å². The molecule has 0 atom stereocenters. The number of aldehydes is 1. The van der Waals surface area contributed by atoms with Gasteiger partial charge < -0.3 is 9.15 Å². The number of thioether (sulfide) groups is 1. The lowest BCUT2D eigenvalue weighted by atomic mass is 9.97. The van der Waals surface area contributed by atoms with Crippen LogP contribution in [0.3, 0.4) is 0 Å². The zero-order valence-electron chi connectivity index (χ0n) is 13.0. The van der Waals surface area contributed by atoms with Crippen molar-refractivity contribution in [2.75, 3.05) is 12.4 Å². The molecular formula is C16H20N2O3S. The Labute approximate surface area is 134 Å². The number of rotatable bonds is 7. The van der Waals surface area contributed by atoms with Crippen LogP contribution in [0.5, 0.6) is 5.75 Å². The molecule has 0 N–H and O–H groups in total. The fraction of sp³-hybridized carbons (Fsp3) is 0.438. The van der Waals surface area contributed by atoms with Gasteiger partial charge in [0, 0.05) is 11.2 Å². The van der Waals surface area contributed by atoms with E-state index in [1.165, 1.54) is 11.8 Å². The molecule has 0 amide bonds. The molecular weight excluding hydrogens is 300 g/mol. The highest BCUT2D eigenvalue weighted by molar-refractivity contribution is 7.99. The summed E-state index contributed by atoms with van der Waals surface area (Å²) in [6.07, 6.45) is 1.63. The Hall–Kier alpha value is -1.82. The first-order chi connectivity index (χ1) is 10.5. The number of ether oxygens (including phenoxy) is 1. The molecule has 0 aliphatic carbocycles. The third-order valence-corrected chi connectivity index (χ3v) is 3.77. The van der Waals surface area contributed by atoms with Crippen LogP contribution in [0.1, 0.15) is 43.4 Å². The summed E-state index contributed by atoms with van der Waals surface area (Å²) in [7, 11) is 0. The second kappa shape index (κ2) is 7.45. The van der Waals surface area contributed by atoms with Crippen LogP contribution in [-0.4, -0.2) is 28.8 Å². The summed E-state index contributed by atoms with van der Waals surface area (Å²) in [6, 6.07) is 7.20. The molecule has 118 valence electrons. The van der Waals surface area contributed by atoms with Crippen molar-refractivity contribution < 1.29 is 13.9 Å². The van der Waals surface area contributed by atoms with E-state index in [0.717, 1.165) is 18.5 Å². The van der Waals surface area contributed by atoms with Gasteiger partial charge in [0.1, 0.15) is 5.75 Å². The standard InChI is InChI=1S/C16H20N2O3S/c1-16(2,3)14-17-18-15(21-14)22-10-6-9-20-13-8-5-4-7-12(13)11-19/h4-5,7-8,11H,6,9-10H2,1-3H3. The number of para-hydroxylation sites is 1. The van der Waals surface area contributed by atoms with Gasteiger partial charge in [-0.2, -0.15) is 0 Å². The molecule has 0 spiro atoms. The number of carbonyl (C=O) groups excluding carboxylic acids is 1.